The van der Waals surface area contributed by atoms with Gasteiger partial charge in [0.1, 0.15) is 145 Å². The number of carbonyl (C=O) groups excluding carboxylic acids is 6. The summed E-state index contributed by atoms with van der Waals surface area (Å²) in [6.45, 7) is 0.686. The molecule has 8 fully saturated rings. The highest BCUT2D eigenvalue weighted by Gasteiger charge is 2.57. The number of nitrogens with zero attached hydrogens (tertiary/aromatic N) is 6. The number of rotatable bonds is 54. The Morgan fingerprint density at radius 2 is 0.814 bits per heavy atom. The van der Waals surface area contributed by atoms with Gasteiger partial charge in [0.2, 0.25) is 11.8 Å². The Labute approximate surface area is 829 Å². The first-order valence-corrected chi connectivity index (χ1v) is 49.2. The molecule has 4 aromatic heterocycles. The van der Waals surface area contributed by atoms with Gasteiger partial charge in [-0.05, 0) is 90.1 Å². The maximum absolute atomic E-state index is 14.5. The lowest BCUT2D eigenvalue weighted by atomic mass is 9.78. The molecule has 0 radical (unpaired) electrons. The molecule has 8 aliphatic rings. The molecule has 0 spiro atoms. The van der Waals surface area contributed by atoms with Gasteiger partial charge in [0.05, 0.1) is 128 Å². The van der Waals surface area contributed by atoms with Crippen LogP contribution in [0.3, 0.4) is 0 Å². The number of hydrogen-bond acceptors (Lipinski definition) is 43. The second-order valence-electron chi connectivity index (χ2n) is 37.8. The number of aromatic nitrogens is 10. The van der Waals surface area contributed by atoms with Gasteiger partial charge in [-0.25, -0.2) is 28.5 Å². The molecule has 4 saturated heterocycles. The van der Waals surface area contributed by atoms with Crippen LogP contribution in [0.5, 0.6) is 0 Å². The second kappa shape index (κ2) is 55.8. The molecule has 55 heteroatoms. The van der Waals surface area contributed by atoms with E-state index in [0.29, 0.717) is 25.7 Å². The Kier molecular flexibility index (Phi) is 44.1. The van der Waals surface area contributed by atoms with Gasteiger partial charge >= 0.3 is 23.3 Å². The highest BCUT2D eigenvalue weighted by atomic mass is 16.8. The Morgan fingerprint density at radius 1 is 0.448 bits per heavy atom. The van der Waals surface area contributed by atoms with Gasteiger partial charge in [0.15, 0.2) is 37.4 Å². The predicted octanol–water partition coefficient (Wildman–Crippen LogP) is -7.62. The van der Waals surface area contributed by atoms with Crippen molar-refractivity contribution in [3.63, 3.8) is 0 Å². The van der Waals surface area contributed by atoms with Crippen LogP contribution in [0.4, 0.5) is 0 Å². The molecule has 8 heterocycles. The van der Waals surface area contributed by atoms with E-state index in [4.69, 9.17) is 82.5 Å². The van der Waals surface area contributed by atoms with Gasteiger partial charge in [0, 0.05) is 36.8 Å². The van der Waals surface area contributed by atoms with E-state index in [9.17, 15) is 119 Å². The number of carboxylic acid groups (broad SMARTS) is 2. The summed E-state index contributed by atoms with van der Waals surface area (Å²) >= 11 is 0. The van der Waals surface area contributed by atoms with E-state index in [2.05, 4.69) is 51.9 Å². The molecule has 4 aliphatic heterocycles. The van der Waals surface area contributed by atoms with Gasteiger partial charge in [-0.3, -0.25) is 48.3 Å². The fourth-order valence-corrected chi connectivity index (χ4v) is 19.5. The van der Waals surface area contributed by atoms with Crippen molar-refractivity contribution in [2.75, 3.05) is 79.2 Å². The maximum atomic E-state index is 14.5. The van der Waals surface area contributed by atoms with E-state index in [1.54, 1.807) is 0 Å². The number of ketones is 2. The normalized spacial score (nSPS) is 31.7. The van der Waals surface area contributed by atoms with Gasteiger partial charge in [-0.2, -0.15) is 0 Å². The number of H-pyrrole nitrogens is 4. The van der Waals surface area contributed by atoms with Crippen LogP contribution in [-0.4, -0.2) is 409 Å². The number of aliphatic hydroxyl groups is 10. The molecule has 145 heavy (non-hydrogen) atoms. The Balaban J connectivity index is 0.625. The summed E-state index contributed by atoms with van der Waals surface area (Å²) < 4.78 is 94.2. The first kappa shape index (κ1) is 114. The van der Waals surface area contributed by atoms with E-state index in [-0.39, 0.29) is 178 Å². The van der Waals surface area contributed by atoms with E-state index in [1.165, 1.54) is 26.2 Å². The Bertz CT molecular complexity index is 4680. The third kappa shape index (κ3) is 32.4. The van der Waals surface area contributed by atoms with Crippen molar-refractivity contribution >= 4 is 47.1 Å². The van der Waals surface area contributed by atoms with Crippen LogP contribution < -0.4 is 55.2 Å². The third-order valence-corrected chi connectivity index (χ3v) is 27.1. The number of amides is 4. The summed E-state index contributed by atoms with van der Waals surface area (Å²) in [5.41, 5.74) is 7.13. The van der Waals surface area contributed by atoms with Crippen LogP contribution in [0.15, 0.2) is 43.7 Å². The monoisotopic (exact) mass is 2070 g/mol. The van der Waals surface area contributed by atoms with Crippen LogP contribution in [0.25, 0.3) is 0 Å². The summed E-state index contributed by atoms with van der Waals surface area (Å²) in [7, 11) is 0. The van der Waals surface area contributed by atoms with Crippen LogP contribution in [0.1, 0.15) is 175 Å². The number of ether oxygens (including phenoxy) is 15. The molecule has 24 N–H and O–H groups in total. The zero-order valence-corrected chi connectivity index (χ0v) is 80.5. The number of carboxylic acids is 2. The predicted molar refractivity (Wildman–Crippen MR) is 488 cm³/mol. The van der Waals surface area contributed by atoms with Gasteiger partial charge in [0.25, 0.3) is 22.9 Å². The first-order valence-electron chi connectivity index (χ1n) is 49.2. The Hall–Kier alpha value is -9.28. The average Bonchev–Trinajstić information content (AvgIpc) is 1.33. The van der Waals surface area contributed by atoms with Crippen molar-refractivity contribution in [3.8, 4) is 0 Å². The topological polar surface area (TPSA) is 811 Å². The quantitative estimate of drug-likeness (QED) is 0.0183. The molecular formula is C90H138N16O39. The third-order valence-electron chi connectivity index (χ3n) is 27.1. The summed E-state index contributed by atoms with van der Waals surface area (Å²) in [6.07, 6.45) is -30.6. The summed E-state index contributed by atoms with van der Waals surface area (Å²) in [5.74, 6) is -9.68. The summed E-state index contributed by atoms with van der Waals surface area (Å²) in [4.78, 5) is 170. The molecule has 4 aliphatic carbocycles. The number of aromatic amines is 4. The zero-order valence-electron chi connectivity index (χ0n) is 80.5. The molecular weight excluding hydrogens is 1930 g/mol. The number of aliphatic hydroxyl groups excluding tert-OH is 10. The van der Waals surface area contributed by atoms with Crippen molar-refractivity contribution in [2.45, 2.75) is 340 Å². The number of nitrogens with two attached hydrogens (primary N) is 2. The molecule has 0 aromatic carbocycles. The van der Waals surface area contributed by atoms with Crippen LogP contribution in [0, 0.1) is 23.7 Å². The van der Waals surface area contributed by atoms with E-state index in [1.807, 2.05) is 9.97 Å². The number of Topliss-reactive ketones (excluding diaryl/α,β-unsaturated/α-hetero) is 2. The molecule has 4 amide bonds. The number of hydrogen-bond donors (Lipinski definition) is 22. The molecule has 12 unspecified atom stereocenters. The molecule has 4 aromatic rings. The zero-order chi connectivity index (χ0) is 104. The number of carbonyl (C=O) groups is 8. The smallest absolute Gasteiger partial charge is 0.332 e. The molecule has 12 rings (SSSR count). The highest BCUT2D eigenvalue weighted by molar-refractivity contribution is 5.93. The first-order chi connectivity index (χ1) is 69.6. The lowest BCUT2D eigenvalue weighted by Gasteiger charge is -2.49. The standard InChI is InChI=1S/C90H138N16O39/c1-43-69(115)73(119)75(121)87(136-43)144-77-51(93-81(123)53-33-63(111)99-89(129)95-53)29-47(55(109)15-9-17-91)31-57(77)140-85-67(79(71(117)61(39-107)142-85)138-59(83(125)126)27-45-11-5-3-6-12-45)97-65(113)37-105-35-49(101-103-105)41-134-25-23-132-21-19-131-20-22-133-24-26-135-42-50-36-106(104-102-50)38-66(114)98-68-80(139-60(84(127)128)28-46-13-7-4-8-14-46)72(118)62(40-108)143-86(68)141-58-32-48(56(110)16-10-18-92)30-52(94-82(124)54-34-64(112)100-90(130)96-54)78(58)145-88-76(122)74(120)70(116)44(2)137-88/h33-36,43-48,51-52,57-62,67-80,85-88,107-108,115-122H,3-32,37-42,91-92H2,1-2H3,(H,93,123)(H,94,124)(H,97,113)(H,98,114)(H,125,126)(H,127,128)(H2,95,99,111,129)(H2,96,100,112,130)/t43?,44?,47?,48?,51?,52?,57-,58-,59+,60+,61+,62+,67?,68?,69-,70-,71+,72+,73+,74+,75?,76?,77-,78-,79?,80?,85-,86-,87+,88+/m1/s1. The van der Waals surface area contributed by atoms with Crippen LogP contribution >= 0.6 is 0 Å². The lowest BCUT2D eigenvalue weighted by Crippen LogP contribution is -2.68. The van der Waals surface area contributed by atoms with Crippen molar-refractivity contribution < 1.29 is 171 Å². The SMILES string of the molecule is CC1O[C@@H](O[C@@H]2C(NC(=O)c3cc(=O)[nH]c(=O)[nH]3)CC(C(=O)CCCN)C[C@H]2O[C@@H]2O[C@@H](CO)[C@H](O)C(O[C@@H](CC3CCCCC3)C(=O)O)C2NC(=O)Cn2cc(COCCOCCOCCOCCOCc3cn(CC(=O)NC4C(O[C@@H](CC5CCCCC5)C(=O)O)[C@@H](O)[C@H](CO)O[C@H]4O[C@@H]4CC(C(=O)CCCN)CC(NC(=O)c5cc(=O)[nH]c(=O)[nH]5)[C@H]4O[C@@H]4OC(C)[C@@H](O)[C@H](O)C4O)nn3)nn2)C(O)[C@@H](O)[C@@H]1O. The van der Waals surface area contributed by atoms with Crippen molar-refractivity contribution in [2.24, 2.45) is 35.1 Å². The molecule has 812 valence electrons. The summed E-state index contributed by atoms with van der Waals surface area (Å²) in [6, 6.07) is -4.61. The van der Waals surface area contributed by atoms with Crippen molar-refractivity contribution in [3.05, 3.63) is 89.0 Å². The van der Waals surface area contributed by atoms with Gasteiger partial charge in [-0.15, -0.1) is 10.2 Å². The van der Waals surface area contributed by atoms with E-state index in [0.717, 1.165) is 60.0 Å². The minimum Gasteiger partial charge on any atom is -0.479 e. The molecule has 4 saturated carbocycles. The van der Waals surface area contributed by atoms with Crippen LogP contribution in [-0.2, 0) is 126 Å². The lowest BCUT2D eigenvalue weighted by molar-refractivity contribution is -0.335. The minimum atomic E-state index is -1.97. The van der Waals surface area contributed by atoms with Gasteiger partial charge < -0.3 is 175 Å². The van der Waals surface area contributed by atoms with E-state index >= 15 is 0 Å². The fraction of sp³-hybridized carbons (Fsp3) is 0.778. The van der Waals surface area contributed by atoms with Crippen molar-refractivity contribution in [1.29, 1.82) is 0 Å². The molecule has 55 nitrogen and oxygen atoms in total. The molecule has 30 atom stereocenters. The largest absolute Gasteiger partial charge is 0.479 e. The Morgan fingerprint density at radius 3 is 1.16 bits per heavy atom. The minimum absolute atomic E-state index is 0.0134. The molecule has 0 bridgehead atoms. The van der Waals surface area contributed by atoms with Gasteiger partial charge in [-0.1, -0.05) is 74.6 Å². The number of nitrogens with one attached hydrogen (secondary N) is 8. The summed E-state index contributed by atoms with van der Waals surface area (Å²) in [5, 5.41) is 160. The second-order valence-corrected chi connectivity index (χ2v) is 37.8. The van der Waals surface area contributed by atoms with E-state index < -0.39 is 279 Å². The maximum Gasteiger partial charge on any atom is 0.332 e. The number of aliphatic carboxylic acids is 2. The highest BCUT2D eigenvalue weighted by Crippen LogP contribution is 2.42. The fourth-order valence-electron chi connectivity index (χ4n) is 19.5. The van der Waals surface area contributed by atoms with Crippen LogP contribution in [0.2, 0.25) is 0 Å². The average molecular weight is 2070 g/mol. The van der Waals surface area contributed by atoms with Crippen molar-refractivity contribution in [1.82, 2.24) is 71.2 Å².